The molecule has 6 heteroatoms. The van der Waals surface area contributed by atoms with Crippen molar-refractivity contribution in [3.63, 3.8) is 0 Å². The summed E-state index contributed by atoms with van der Waals surface area (Å²) in [4.78, 5) is 14.5. The van der Waals surface area contributed by atoms with Crippen LogP contribution in [0.25, 0.3) is 11.1 Å². The first-order valence-electron chi connectivity index (χ1n) is 6.15. The molecule has 0 saturated heterocycles. The molecule has 0 radical (unpaired) electrons. The zero-order chi connectivity index (χ0) is 13.7. The highest BCUT2D eigenvalue weighted by Crippen LogP contribution is 2.14. The lowest BCUT2D eigenvalue weighted by Crippen LogP contribution is -2.36. The van der Waals surface area contributed by atoms with Crippen molar-refractivity contribution in [1.82, 2.24) is 10.3 Å². The van der Waals surface area contributed by atoms with Gasteiger partial charge in [-0.25, -0.2) is 4.98 Å². The maximum Gasteiger partial charge on any atom is 0.304 e. The van der Waals surface area contributed by atoms with Crippen LogP contribution >= 0.6 is 0 Å². The van der Waals surface area contributed by atoms with Crippen LogP contribution in [-0.4, -0.2) is 35.2 Å². The molecule has 1 unspecified atom stereocenters. The molecule has 2 rings (SSSR count). The predicted octanol–water partition coefficient (Wildman–Crippen LogP) is 0.762. The number of hydrogen-bond donors (Lipinski definition) is 3. The fourth-order valence-corrected chi connectivity index (χ4v) is 1.87. The summed E-state index contributed by atoms with van der Waals surface area (Å²) in [5.74, 6) is -0.870. The molecular formula is C13H17N3O3. The Bertz CT molecular complexity index is 553. The normalized spacial score (nSPS) is 12.7. The van der Waals surface area contributed by atoms with Gasteiger partial charge in [0, 0.05) is 12.6 Å². The van der Waals surface area contributed by atoms with E-state index in [-0.39, 0.29) is 12.5 Å². The highest BCUT2D eigenvalue weighted by Gasteiger charge is 2.07. The van der Waals surface area contributed by atoms with Gasteiger partial charge in [0.15, 0.2) is 12.0 Å². The van der Waals surface area contributed by atoms with Gasteiger partial charge < -0.3 is 20.6 Å². The molecule has 6 nitrogen and oxygen atoms in total. The molecule has 0 aliphatic heterocycles. The lowest BCUT2D eigenvalue weighted by Gasteiger charge is -2.10. The van der Waals surface area contributed by atoms with Gasteiger partial charge in [0.2, 0.25) is 0 Å². The summed E-state index contributed by atoms with van der Waals surface area (Å²) in [6, 6.07) is 5.53. The minimum absolute atomic E-state index is 0.0168. The van der Waals surface area contributed by atoms with E-state index in [0.29, 0.717) is 6.54 Å². The Labute approximate surface area is 110 Å². The molecule has 102 valence electrons. The number of carboxylic acids is 1. The zero-order valence-corrected chi connectivity index (χ0v) is 10.5. The summed E-state index contributed by atoms with van der Waals surface area (Å²) in [6.07, 6.45) is 2.24. The fourth-order valence-electron chi connectivity index (χ4n) is 1.87. The second-order valence-electron chi connectivity index (χ2n) is 4.47. The highest BCUT2D eigenvalue weighted by molar-refractivity contribution is 5.72. The van der Waals surface area contributed by atoms with Gasteiger partial charge in [0.1, 0.15) is 5.52 Å². The quantitative estimate of drug-likeness (QED) is 0.637. The van der Waals surface area contributed by atoms with Crippen molar-refractivity contribution >= 4 is 17.1 Å². The molecule has 1 aromatic carbocycles. The molecule has 1 aromatic heterocycles. The third-order valence-corrected chi connectivity index (χ3v) is 2.83. The van der Waals surface area contributed by atoms with E-state index >= 15 is 0 Å². The van der Waals surface area contributed by atoms with Gasteiger partial charge in [-0.1, -0.05) is 6.07 Å². The number of carbonyl (C=O) groups is 1. The number of fused-ring (bicyclic) bond motifs is 1. The third-order valence-electron chi connectivity index (χ3n) is 2.83. The van der Waals surface area contributed by atoms with Crippen molar-refractivity contribution in [2.45, 2.75) is 18.9 Å². The van der Waals surface area contributed by atoms with Crippen molar-refractivity contribution in [3.8, 4) is 0 Å². The fraction of sp³-hybridized carbons (Fsp3) is 0.385. The zero-order valence-electron chi connectivity index (χ0n) is 10.5. The standard InChI is InChI=1S/C13H17N3O3/c14-10(6-13(17)18)7-15-4-3-9-1-2-11-12(5-9)19-8-16-11/h1-2,5,8,10,15H,3-4,6-7,14H2,(H,17,18). The van der Waals surface area contributed by atoms with Gasteiger partial charge in [0.25, 0.3) is 0 Å². The molecule has 0 aliphatic carbocycles. The average Bonchev–Trinajstić information content (AvgIpc) is 2.81. The number of oxazole rings is 1. The maximum absolute atomic E-state index is 10.4. The topological polar surface area (TPSA) is 101 Å². The van der Waals surface area contributed by atoms with Crippen LogP contribution in [0.15, 0.2) is 29.0 Å². The second kappa shape index (κ2) is 6.31. The molecule has 0 fully saturated rings. The Morgan fingerprint density at radius 3 is 3.16 bits per heavy atom. The SMILES string of the molecule is NC(CNCCc1ccc2ncoc2c1)CC(=O)O. The van der Waals surface area contributed by atoms with Gasteiger partial charge in [-0.05, 0) is 30.7 Å². The van der Waals surface area contributed by atoms with Crippen LogP contribution in [-0.2, 0) is 11.2 Å². The summed E-state index contributed by atoms with van der Waals surface area (Å²) in [5, 5.41) is 11.7. The van der Waals surface area contributed by atoms with Crippen molar-refractivity contribution < 1.29 is 14.3 Å². The molecule has 1 atom stereocenters. The smallest absolute Gasteiger partial charge is 0.304 e. The van der Waals surface area contributed by atoms with E-state index in [1.165, 1.54) is 6.39 Å². The summed E-state index contributed by atoms with van der Waals surface area (Å²) in [5.41, 5.74) is 8.42. The monoisotopic (exact) mass is 263 g/mol. The number of aromatic nitrogens is 1. The molecule has 4 N–H and O–H groups in total. The van der Waals surface area contributed by atoms with Gasteiger partial charge in [0.05, 0.1) is 6.42 Å². The molecular weight excluding hydrogens is 246 g/mol. The van der Waals surface area contributed by atoms with Crippen molar-refractivity contribution in [3.05, 3.63) is 30.2 Å². The first kappa shape index (κ1) is 13.5. The molecule has 0 aliphatic rings. The van der Waals surface area contributed by atoms with E-state index in [9.17, 15) is 4.79 Å². The number of hydrogen-bond acceptors (Lipinski definition) is 5. The third kappa shape index (κ3) is 4.04. The minimum Gasteiger partial charge on any atom is -0.481 e. The van der Waals surface area contributed by atoms with Gasteiger partial charge in [-0.3, -0.25) is 4.79 Å². The van der Waals surface area contributed by atoms with Crippen LogP contribution in [0.5, 0.6) is 0 Å². The highest BCUT2D eigenvalue weighted by atomic mass is 16.4. The van der Waals surface area contributed by atoms with Gasteiger partial charge in [-0.2, -0.15) is 0 Å². The number of nitrogens with one attached hydrogen (secondary N) is 1. The first-order valence-corrected chi connectivity index (χ1v) is 6.15. The molecule has 0 amide bonds. The van der Waals surface area contributed by atoms with Crippen molar-refractivity contribution in [1.29, 1.82) is 0 Å². The summed E-state index contributed by atoms with van der Waals surface area (Å²) < 4.78 is 5.23. The van der Waals surface area contributed by atoms with Crippen LogP contribution in [0.1, 0.15) is 12.0 Å². The summed E-state index contributed by atoms with van der Waals surface area (Å²) >= 11 is 0. The maximum atomic E-state index is 10.4. The van der Waals surface area contributed by atoms with E-state index in [1.54, 1.807) is 0 Å². The molecule has 0 spiro atoms. The predicted molar refractivity (Wildman–Crippen MR) is 70.8 cm³/mol. The number of benzene rings is 1. The number of nitrogens with two attached hydrogens (primary N) is 1. The number of aliphatic carboxylic acids is 1. The van der Waals surface area contributed by atoms with Crippen LogP contribution < -0.4 is 11.1 Å². The molecule has 0 saturated carbocycles. The largest absolute Gasteiger partial charge is 0.481 e. The Hall–Kier alpha value is -1.92. The number of rotatable bonds is 7. The number of carboxylic acid groups (broad SMARTS) is 1. The Morgan fingerprint density at radius 1 is 1.53 bits per heavy atom. The van der Waals surface area contributed by atoms with E-state index in [2.05, 4.69) is 10.3 Å². The Balaban J connectivity index is 1.74. The van der Waals surface area contributed by atoms with Crippen molar-refractivity contribution in [2.75, 3.05) is 13.1 Å². The molecule has 19 heavy (non-hydrogen) atoms. The van der Waals surface area contributed by atoms with Crippen LogP contribution in [0.2, 0.25) is 0 Å². The molecule has 2 aromatic rings. The van der Waals surface area contributed by atoms with E-state index in [4.69, 9.17) is 15.3 Å². The Morgan fingerprint density at radius 2 is 2.37 bits per heavy atom. The van der Waals surface area contributed by atoms with E-state index in [1.807, 2.05) is 18.2 Å². The Kier molecular flexibility index (Phi) is 4.48. The lowest BCUT2D eigenvalue weighted by molar-refractivity contribution is -0.137. The van der Waals surface area contributed by atoms with Gasteiger partial charge >= 0.3 is 5.97 Å². The van der Waals surface area contributed by atoms with E-state index in [0.717, 1.165) is 29.6 Å². The second-order valence-corrected chi connectivity index (χ2v) is 4.47. The number of nitrogens with zero attached hydrogens (tertiary/aromatic N) is 1. The summed E-state index contributed by atoms with van der Waals surface area (Å²) in [6.45, 7) is 1.24. The van der Waals surface area contributed by atoms with Crippen LogP contribution in [0.4, 0.5) is 0 Å². The van der Waals surface area contributed by atoms with Crippen molar-refractivity contribution in [2.24, 2.45) is 5.73 Å². The molecule has 0 bridgehead atoms. The van der Waals surface area contributed by atoms with Crippen LogP contribution in [0, 0.1) is 0 Å². The average molecular weight is 263 g/mol. The first-order chi connectivity index (χ1) is 9.15. The van der Waals surface area contributed by atoms with E-state index < -0.39 is 5.97 Å². The molecule has 1 heterocycles. The van der Waals surface area contributed by atoms with Gasteiger partial charge in [-0.15, -0.1) is 0 Å². The van der Waals surface area contributed by atoms with Crippen LogP contribution in [0.3, 0.4) is 0 Å². The summed E-state index contributed by atoms with van der Waals surface area (Å²) in [7, 11) is 0. The lowest BCUT2D eigenvalue weighted by atomic mass is 10.1. The minimum atomic E-state index is -0.870.